The molecule has 1 amide bonds. The highest BCUT2D eigenvalue weighted by Crippen LogP contribution is 2.35. The van der Waals surface area contributed by atoms with Gasteiger partial charge < -0.3 is 0 Å². The highest BCUT2D eigenvalue weighted by atomic mass is 32.2. The Bertz CT molecular complexity index is 1440. The second kappa shape index (κ2) is 10.9. The van der Waals surface area contributed by atoms with E-state index in [9.17, 15) is 13.2 Å². The van der Waals surface area contributed by atoms with Crippen LogP contribution in [0.15, 0.2) is 83.2 Å². The Morgan fingerprint density at radius 2 is 1.83 bits per heavy atom. The van der Waals surface area contributed by atoms with Crippen LogP contribution in [0.4, 0.5) is 0 Å². The summed E-state index contributed by atoms with van der Waals surface area (Å²) >= 11 is 6.60. The zero-order valence-corrected chi connectivity index (χ0v) is 22.4. The van der Waals surface area contributed by atoms with Crippen molar-refractivity contribution in [3.63, 3.8) is 0 Å². The molecular weight excluding hydrogens is 513 g/mol. The maximum Gasteiger partial charge on any atom is 0.266 e. The van der Waals surface area contributed by atoms with E-state index in [-0.39, 0.29) is 10.8 Å². The number of nitrogens with zero attached hydrogens (tertiary/aromatic N) is 4. The zero-order chi connectivity index (χ0) is 25.9. The van der Waals surface area contributed by atoms with Gasteiger partial charge in [-0.3, -0.25) is 9.69 Å². The molecule has 2 aromatic carbocycles. The van der Waals surface area contributed by atoms with Crippen LogP contribution in [-0.2, 0) is 14.8 Å². The predicted octanol–water partition coefficient (Wildman–Crippen LogP) is 4.96. The van der Waals surface area contributed by atoms with E-state index < -0.39 is 10.0 Å². The van der Waals surface area contributed by atoms with E-state index in [1.807, 2.05) is 56.4 Å². The molecule has 0 aliphatic carbocycles. The summed E-state index contributed by atoms with van der Waals surface area (Å²) < 4.78 is 29.9. The molecule has 0 spiro atoms. The molecule has 4 rings (SSSR count). The molecule has 2 heterocycles. The van der Waals surface area contributed by atoms with Crippen molar-refractivity contribution in [1.82, 2.24) is 19.0 Å². The first-order valence-corrected chi connectivity index (χ1v) is 14.1. The molecule has 1 aliphatic rings. The molecule has 0 unspecified atom stereocenters. The van der Waals surface area contributed by atoms with Crippen LogP contribution >= 0.6 is 24.0 Å². The Morgan fingerprint density at radius 3 is 2.50 bits per heavy atom. The Hall–Kier alpha value is -3.05. The number of hydrogen-bond donors (Lipinski definition) is 0. The third kappa shape index (κ3) is 5.08. The molecule has 1 aromatic heterocycles. The van der Waals surface area contributed by atoms with Gasteiger partial charge in [-0.1, -0.05) is 74.2 Å². The molecule has 36 heavy (non-hydrogen) atoms. The van der Waals surface area contributed by atoms with Crippen LogP contribution in [-0.4, -0.2) is 57.3 Å². The second-order valence-corrected chi connectivity index (χ2v) is 11.5. The second-order valence-electron chi connectivity index (χ2n) is 7.91. The number of thioether (sulfide) groups is 1. The van der Waals surface area contributed by atoms with Crippen LogP contribution in [0.3, 0.4) is 0 Å². The van der Waals surface area contributed by atoms with Crippen LogP contribution in [0.25, 0.3) is 23.0 Å². The van der Waals surface area contributed by atoms with Gasteiger partial charge in [0.15, 0.2) is 0 Å². The van der Waals surface area contributed by atoms with Crippen molar-refractivity contribution >= 4 is 50.3 Å². The average Bonchev–Trinajstić information content (AvgIpc) is 3.42. The molecule has 10 heteroatoms. The predicted molar refractivity (Wildman–Crippen MR) is 149 cm³/mol. The van der Waals surface area contributed by atoms with Crippen molar-refractivity contribution in [3.8, 4) is 16.9 Å². The van der Waals surface area contributed by atoms with E-state index in [2.05, 4.69) is 6.58 Å². The van der Waals surface area contributed by atoms with Crippen LogP contribution in [0.5, 0.6) is 0 Å². The van der Waals surface area contributed by atoms with Gasteiger partial charge in [0.2, 0.25) is 10.0 Å². The fourth-order valence-corrected chi connectivity index (χ4v) is 6.64. The zero-order valence-electron chi connectivity index (χ0n) is 20.0. The summed E-state index contributed by atoms with van der Waals surface area (Å²) in [5.74, 6) is -0.193. The molecule has 0 radical (unpaired) electrons. The van der Waals surface area contributed by atoms with Crippen LogP contribution in [0.2, 0.25) is 0 Å². The number of amides is 1. The molecule has 1 saturated heterocycles. The van der Waals surface area contributed by atoms with Crippen LogP contribution in [0, 0.1) is 0 Å². The number of carbonyl (C=O) groups is 1. The molecule has 0 N–H and O–H groups in total. The highest BCUT2D eigenvalue weighted by Gasteiger charge is 2.31. The number of carbonyl (C=O) groups excluding carboxylic acids is 1. The lowest BCUT2D eigenvalue weighted by atomic mass is 10.1. The first-order valence-electron chi connectivity index (χ1n) is 11.4. The minimum absolute atomic E-state index is 0.193. The summed E-state index contributed by atoms with van der Waals surface area (Å²) in [5, 5.41) is 4.78. The summed E-state index contributed by atoms with van der Waals surface area (Å²) in [4.78, 5) is 15.1. The first kappa shape index (κ1) is 26.0. The lowest BCUT2D eigenvalue weighted by molar-refractivity contribution is -0.121. The van der Waals surface area contributed by atoms with Crippen molar-refractivity contribution in [2.45, 2.75) is 18.7 Å². The van der Waals surface area contributed by atoms with Gasteiger partial charge >= 0.3 is 0 Å². The fraction of sp³-hybridized carbons (Fsp3) is 0.192. The Kier molecular flexibility index (Phi) is 7.89. The van der Waals surface area contributed by atoms with Crippen molar-refractivity contribution in [3.05, 3.63) is 83.9 Å². The fourth-order valence-electron chi connectivity index (χ4n) is 3.87. The first-order chi connectivity index (χ1) is 17.3. The molecule has 1 aliphatic heterocycles. The van der Waals surface area contributed by atoms with Gasteiger partial charge in [-0.15, -0.1) is 6.58 Å². The van der Waals surface area contributed by atoms with Gasteiger partial charge in [-0.25, -0.2) is 13.1 Å². The average molecular weight is 539 g/mol. The summed E-state index contributed by atoms with van der Waals surface area (Å²) in [6, 6.07) is 16.3. The Morgan fingerprint density at radius 1 is 1.11 bits per heavy atom. The number of benzene rings is 2. The molecule has 3 aromatic rings. The molecular formula is C26H26N4O3S3. The molecule has 0 saturated carbocycles. The van der Waals surface area contributed by atoms with E-state index in [0.29, 0.717) is 45.7 Å². The van der Waals surface area contributed by atoms with Crippen molar-refractivity contribution < 1.29 is 13.2 Å². The Balaban J connectivity index is 1.84. The smallest absolute Gasteiger partial charge is 0.266 e. The summed E-state index contributed by atoms with van der Waals surface area (Å²) in [6.45, 7) is 8.42. The normalized spacial score (nSPS) is 15.3. The summed E-state index contributed by atoms with van der Waals surface area (Å²) in [7, 11) is -3.65. The summed E-state index contributed by atoms with van der Waals surface area (Å²) in [6.07, 6.45) is 5.22. The van der Waals surface area contributed by atoms with Crippen LogP contribution < -0.4 is 0 Å². The highest BCUT2D eigenvalue weighted by molar-refractivity contribution is 8.26. The number of thiocarbonyl (C=S) groups is 1. The number of aromatic nitrogens is 2. The van der Waals surface area contributed by atoms with E-state index in [1.165, 1.54) is 21.0 Å². The van der Waals surface area contributed by atoms with Gasteiger partial charge in [0.05, 0.1) is 15.5 Å². The number of hydrogen-bond acceptors (Lipinski definition) is 6. The minimum Gasteiger partial charge on any atom is -0.289 e. The van der Waals surface area contributed by atoms with Crippen molar-refractivity contribution in [1.29, 1.82) is 0 Å². The monoisotopic (exact) mass is 538 g/mol. The lowest BCUT2D eigenvalue weighted by Crippen LogP contribution is -2.30. The quantitative estimate of drug-likeness (QED) is 0.218. The SMILES string of the molecule is C=CCN1C(=O)C(=Cc2cn(-c3ccccc3)nc2-c2cccc(S(=O)(=O)N(CC)CC)c2)SC1=S. The van der Waals surface area contributed by atoms with Gasteiger partial charge in [0, 0.05) is 37.0 Å². The van der Waals surface area contributed by atoms with E-state index >= 15 is 0 Å². The number of para-hydroxylation sites is 1. The molecule has 186 valence electrons. The molecule has 1 fully saturated rings. The Labute approximate surface area is 221 Å². The summed E-state index contributed by atoms with van der Waals surface area (Å²) in [5.41, 5.74) is 2.70. The third-order valence-corrected chi connectivity index (χ3v) is 9.11. The van der Waals surface area contributed by atoms with Crippen molar-refractivity contribution in [2.24, 2.45) is 0 Å². The maximum atomic E-state index is 13.2. The topological polar surface area (TPSA) is 75.5 Å². The minimum atomic E-state index is -3.65. The van der Waals surface area contributed by atoms with Gasteiger partial charge in [-0.05, 0) is 30.3 Å². The van der Waals surface area contributed by atoms with E-state index in [4.69, 9.17) is 17.3 Å². The standard InChI is InChI=1S/C26H26N4O3S3/c1-4-15-29-25(31)23(35-26(29)34)17-20-18-30(21-12-8-7-9-13-21)27-24(20)19-11-10-14-22(16-19)36(32,33)28(5-2)6-3/h4,7-14,16-18H,1,5-6,15H2,2-3H3. The third-order valence-electron chi connectivity index (χ3n) is 5.69. The van der Waals surface area contributed by atoms with Crippen molar-refractivity contribution in [2.75, 3.05) is 19.6 Å². The number of rotatable bonds is 9. The van der Waals surface area contributed by atoms with E-state index in [1.54, 1.807) is 35.0 Å². The largest absolute Gasteiger partial charge is 0.289 e. The lowest BCUT2D eigenvalue weighted by Gasteiger charge is -2.18. The van der Waals surface area contributed by atoms with E-state index in [0.717, 1.165) is 5.69 Å². The van der Waals surface area contributed by atoms with Gasteiger partial charge in [-0.2, -0.15) is 9.40 Å². The van der Waals surface area contributed by atoms with Crippen LogP contribution in [0.1, 0.15) is 19.4 Å². The number of sulfonamides is 1. The molecule has 0 atom stereocenters. The van der Waals surface area contributed by atoms with Gasteiger partial charge in [0.1, 0.15) is 10.0 Å². The molecule has 0 bridgehead atoms. The molecule has 7 nitrogen and oxygen atoms in total. The maximum absolute atomic E-state index is 13.2. The van der Waals surface area contributed by atoms with Gasteiger partial charge in [0.25, 0.3) is 5.91 Å².